The largest absolute Gasteiger partial charge is 0.420 e. The lowest BCUT2D eigenvalue weighted by Gasteiger charge is -2.15. The van der Waals surface area contributed by atoms with Crippen LogP contribution in [0, 0.1) is 0 Å². The van der Waals surface area contributed by atoms with Gasteiger partial charge in [0.15, 0.2) is 0 Å². The van der Waals surface area contributed by atoms with Crippen molar-refractivity contribution < 1.29 is 13.2 Å². The van der Waals surface area contributed by atoms with Crippen LogP contribution in [0.5, 0.6) is 0 Å². The molecule has 2 nitrogen and oxygen atoms in total. The van der Waals surface area contributed by atoms with Crippen LogP contribution >= 0.6 is 11.3 Å². The first kappa shape index (κ1) is 14.1. The maximum atomic E-state index is 12.9. The smallest absolute Gasteiger partial charge is 0.266 e. The Hall–Kier alpha value is -1.30. The first-order chi connectivity index (χ1) is 8.60. The Bertz CT molecular complexity index is 588. The summed E-state index contributed by atoms with van der Waals surface area (Å²) in [5.41, 5.74) is -0.620. The predicted molar refractivity (Wildman–Crippen MR) is 70.2 cm³/mol. The number of hydrogen-bond donors (Lipinski definition) is 0. The van der Waals surface area contributed by atoms with E-state index in [4.69, 9.17) is 0 Å². The number of nitrogens with zero attached hydrogens (tertiary/aromatic N) is 2. The molecule has 0 N–H and O–H groups in total. The molecule has 19 heavy (non-hydrogen) atoms. The zero-order chi connectivity index (χ0) is 14.4. The van der Waals surface area contributed by atoms with E-state index in [1.807, 2.05) is 26.8 Å². The van der Waals surface area contributed by atoms with Gasteiger partial charge < -0.3 is 0 Å². The quantitative estimate of drug-likeness (QED) is 0.757. The van der Waals surface area contributed by atoms with Crippen LogP contribution in [0.2, 0.25) is 0 Å². The third-order valence-corrected chi connectivity index (χ3v) is 4.34. The number of rotatable bonds is 1. The molecule has 2 aromatic rings. The molecule has 0 unspecified atom stereocenters. The van der Waals surface area contributed by atoms with Gasteiger partial charge in [0, 0.05) is 11.9 Å². The molecule has 2 rings (SSSR count). The van der Waals surface area contributed by atoms with E-state index in [1.54, 1.807) is 6.07 Å². The van der Waals surface area contributed by atoms with Crippen LogP contribution in [0.4, 0.5) is 13.2 Å². The summed E-state index contributed by atoms with van der Waals surface area (Å²) < 4.78 is 40.1. The number of aromatic nitrogens is 2. The van der Waals surface area contributed by atoms with Crippen LogP contribution in [0.1, 0.15) is 31.2 Å². The number of thiophene rings is 1. The SMILES string of the molecule is Cn1ncc(C(F)(F)F)c1-c1ccc(C(C)(C)C)s1. The van der Waals surface area contributed by atoms with Crippen molar-refractivity contribution in [1.29, 1.82) is 0 Å². The maximum absolute atomic E-state index is 12.9. The summed E-state index contributed by atoms with van der Waals surface area (Å²) in [5.74, 6) is 0. The third-order valence-electron chi connectivity index (χ3n) is 2.82. The van der Waals surface area contributed by atoms with Crippen molar-refractivity contribution in [3.8, 4) is 10.6 Å². The van der Waals surface area contributed by atoms with Crippen molar-refractivity contribution in [1.82, 2.24) is 9.78 Å². The average molecular weight is 288 g/mol. The summed E-state index contributed by atoms with van der Waals surface area (Å²) in [6.45, 7) is 6.11. The highest BCUT2D eigenvalue weighted by molar-refractivity contribution is 7.15. The van der Waals surface area contributed by atoms with Gasteiger partial charge in [-0.05, 0) is 17.5 Å². The van der Waals surface area contributed by atoms with Gasteiger partial charge in [-0.25, -0.2) is 0 Å². The Morgan fingerprint density at radius 2 is 1.79 bits per heavy atom. The Balaban J connectivity index is 2.54. The molecule has 0 aromatic carbocycles. The van der Waals surface area contributed by atoms with E-state index in [9.17, 15) is 13.2 Å². The van der Waals surface area contributed by atoms with Gasteiger partial charge in [0.25, 0.3) is 0 Å². The fraction of sp³-hybridized carbons (Fsp3) is 0.462. The van der Waals surface area contributed by atoms with Crippen LogP contribution in [-0.2, 0) is 18.6 Å². The van der Waals surface area contributed by atoms with Crippen LogP contribution in [0.15, 0.2) is 18.3 Å². The molecule has 2 heterocycles. The Kier molecular flexibility index (Phi) is 3.24. The van der Waals surface area contributed by atoms with Gasteiger partial charge >= 0.3 is 6.18 Å². The molecule has 0 fully saturated rings. The van der Waals surface area contributed by atoms with Crippen LogP contribution in [0.25, 0.3) is 10.6 Å². The van der Waals surface area contributed by atoms with Crippen LogP contribution in [-0.4, -0.2) is 9.78 Å². The molecular formula is C13H15F3N2S. The van der Waals surface area contributed by atoms with Crippen molar-refractivity contribution in [3.05, 3.63) is 28.8 Å². The van der Waals surface area contributed by atoms with Crippen molar-refractivity contribution in [2.75, 3.05) is 0 Å². The third kappa shape index (κ3) is 2.68. The van der Waals surface area contributed by atoms with E-state index in [-0.39, 0.29) is 11.1 Å². The fourth-order valence-corrected chi connectivity index (χ4v) is 2.96. The molecular weight excluding hydrogens is 273 g/mol. The van der Waals surface area contributed by atoms with Crippen molar-refractivity contribution in [2.45, 2.75) is 32.4 Å². The Labute approximate surface area is 113 Å². The fourth-order valence-electron chi connectivity index (χ4n) is 1.81. The summed E-state index contributed by atoms with van der Waals surface area (Å²) in [4.78, 5) is 1.65. The van der Waals surface area contributed by atoms with E-state index in [1.165, 1.54) is 23.1 Å². The van der Waals surface area contributed by atoms with Crippen molar-refractivity contribution in [3.63, 3.8) is 0 Å². The van der Waals surface area contributed by atoms with Crippen LogP contribution in [0.3, 0.4) is 0 Å². The number of hydrogen-bond acceptors (Lipinski definition) is 2. The highest BCUT2D eigenvalue weighted by Gasteiger charge is 2.36. The first-order valence-electron chi connectivity index (χ1n) is 5.80. The molecule has 0 atom stereocenters. The molecule has 104 valence electrons. The van der Waals surface area contributed by atoms with E-state index in [0.717, 1.165) is 11.1 Å². The maximum Gasteiger partial charge on any atom is 0.420 e. The predicted octanol–water partition coefficient (Wildman–Crippen LogP) is 4.46. The average Bonchev–Trinajstić information content (AvgIpc) is 2.80. The molecule has 6 heteroatoms. The normalized spacial score (nSPS) is 13.0. The van der Waals surface area contributed by atoms with E-state index in [0.29, 0.717) is 4.88 Å². The molecule has 0 bridgehead atoms. The second-order valence-electron chi connectivity index (χ2n) is 5.44. The number of alkyl halides is 3. The minimum Gasteiger partial charge on any atom is -0.266 e. The minimum absolute atomic E-state index is 0.0695. The van der Waals surface area contributed by atoms with Gasteiger partial charge in [-0.3, -0.25) is 4.68 Å². The van der Waals surface area contributed by atoms with E-state index in [2.05, 4.69) is 5.10 Å². The van der Waals surface area contributed by atoms with Crippen LogP contribution < -0.4 is 0 Å². The van der Waals surface area contributed by atoms with E-state index < -0.39 is 11.7 Å². The lowest BCUT2D eigenvalue weighted by atomic mass is 9.95. The topological polar surface area (TPSA) is 17.8 Å². The second-order valence-corrected chi connectivity index (χ2v) is 6.53. The van der Waals surface area contributed by atoms with E-state index >= 15 is 0 Å². The molecule has 0 amide bonds. The summed E-state index contributed by atoms with van der Waals surface area (Å²) in [6.07, 6.45) is -3.50. The molecule has 0 aliphatic rings. The van der Waals surface area contributed by atoms with Gasteiger partial charge in [-0.2, -0.15) is 18.3 Å². The molecule has 0 aliphatic heterocycles. The standard InChI is InChI=1S/C13H15F3N2S/c1-12(2,3)10-6-5-9(19-10)11-8(13(14,15)16)7-17-18(11)4/h5-7H,1-4H3. The highest BCUT2D eigenvalue weighted by atomic mass is 32.1. The molecule has 2 aromatic heterocycles. The van der Waals surface area contributed by atoms with Gasteiger partial charge in [-0.1, -0.05) is 20.8 Å². The number of aryl methyl sites for hydroxylation is 1. The van der Waals surface area contributed by atoms with Gasteiger partial charge in [-0.15, -0.1) is 11.3 Å². The van der Waals surface area contributed by atoms with Gasteiger partial charge in [0.05, 0.1) is 16.8 Å². The van der Waals surface area contributed by atoms with Gasteiger partial charge in [0.1, 0.15) is 5.56 Å². The molecule has 0 aliphatic carbocycles. The summed E-state index contributed by atoms with van der Waals surface area (Å²) in [7, 11) is 1.53. The van der Waals surface area contributed by atoms with Crippen molar-refractivity contribution in [2.24, 2.45) is 7.05 Å². The second kappa shape index (κ2) is 4.37. The highest BCUT2D eigenvalue weighted by Crippen LogP contribution is 2.41. The lowest BCUT2D eigenvalue weighted by molar-refractivity contribution is -0.137. The lowest BCUT2D eigenvalue weighted by Crippen LogP contribution is -2.08. The minimum atomic E-state index is -4.38. The summed E-state index contributed by atoms with van der Waals surface area (Å²) in [5, 5.41) is 3.73. The van der Waals surface area contributed by atoms with Crippen molar-refractivity contribution >= 4 is 11.3 Å². The molecule has 0 spiro atoms. The monoisotopic (exact) mass is 288 g/mol. The first-order valence-corrected chi connectivity index (χ1v) is 6.62. The summed E-state index contributed by atoms with van der Waals surface area (Å²) >= 11 is 1.38. The molecule has 0 saturated carbocycles. The summed E-state index contributed by atoms with van der Waals surface area (Å²) in [6, 6.07) is 3.62. The zero-order valence-electron chi connectivity index (χ0n) is 11.2. The number of halogens is 3. The zero-order valence-corrected chi connectivity index (χ0v) is 12.0. The Morgan fingerprint density at radius 1 is 1.16 bits per heavy atom. The Morgan fingerprint density at radius 3 is 2.26 bits per heavy atom. The molecule has 0 saturated heterocycles. The molecule has 0 radical (unpaired) electrons. The van der Waals surface area contributed by atoms with Gasteiger partial charge in [0.2, 0.25) is 0 Å².